The summed E-state index contributed by atoms with van der Waals surface area (Å²) in [6.07, 6.45) is -0.713. The lowest BCUT2D eigenvalue weighted by Gasteiger charge is -2.29. The summed E-state index contributed by atoms with van der Waals surface area (Å²) in [5.41, 5.74) is 6.52. The minimum absolute atomic E-state index is 0.0297. The van der Waals surface area contributed by atoms with E-state index >= 15 is 0 Å². The smallest absolute Gasteiger partial charge is 0.270 e. The van der Waals surface area contributed by atoms with Gasteiger partial charge in [0.2, 0.25) is 11.8 Å². The molecule has 2 aromatic heterocycles. The van der Waals surface area contributed by atoms with Crippen molar-refractivity contribution in [3.05, 3.63) is 99.4 Å². The van der Waals surface area contributed by atoms with E-state index in [0.717, 1.165) is 42.9 Å². The van der Waals surface area contributed by atoms with E-state index in [4.69, 9.17) is 23.5 Å². The first-order valence-corrected chi connectivity index (χ1v) is 21.7. The van der Waals surface area contributed by atoms with Gasteiger partial charge < -0.3 is 44.1 Å². The quantitative estimate of drug-likeness (QED) is 0.0416. The molecule has 322 valence electrons. The van der Waals surface area contributed by atoms with Gasteiger partial charge in [0.1, 0.15) is 30.9 Å². The largest absolute Gasteiger partial charge is 0.491 e. The number of aromatic nitrogens is 2. The minimum atomic E-state index is -0.848. The molecule has 4 heterocycles. The Labute approximate surface area is 361 Å². The molecule has 1 fully saturated rings. The summed E-state index contributed by atoms with van der Waals surface area (Å²) < 4.78 is 28.4. The lowest BCUT2D eigenvalue weighted by atomic mass is 9.91. The molecule has 0 spiro atoms. The van der Waals surface area contributed by atoms with Crippen molar-refractivity contribution in [2.24, 2.45) is 5.92 Å². The number of nitrogens with one attached hydrogen (secondary N) is 2. The second-order valence-corrected chi connectivity index (χ2v) is 17.0. The molecule has 7 rings (SSSR count). The van der Waals surface area contributed by atoms with Crippen LogP contribution >= 0.6 is 23.1 Å². The molecular formula is C43H48N6O10S2. The minimum Gasteiger partial charge on any atom is -0.491 e. The van der Waals surface area contributed by atoms with E-state index in [2.05, 4.69) is 20.8 Å². The summed E-state index contributed by atoms with van der Waals surface area (Å²) in [6.45, 7) is 9.46. The monoisotopic (exact) mass is 872 g/mol. The van der Waals surface area contributed by atoms with Crippen LogP contribution < -0.4 is 20.1 Å². The highest BCUT2D eigenvalue weighted by atomic mass is 32.2. The van der Waals surface area contributed by atoms with Gasteiger partial charge in [-0.1, -0.05) is 49.9 Å². The first-order chi connectivity index (χ1) is 29.4. The molecule has 0 bridgehead atoms. The molecule has 61 heavy (non-hydrogen) atoms. The molecule has 1 saturated heterocycles. The third-order valence-corrected chi connectivity index (χ3v) is 12.4. The number of hydrogen-bond donors (Lipinski definition) is 3. The fraction of sp³-hybridized carbons (Fsp3) is 0.395. The summed E-state index contributed by atoms with van der Waals surface area (Å²) >= 11 is 3.02. The number of aryl methyl sites for hydroxylation is 1. The normalized spacial score (nSPS) is 16.7. The van der Waals surface area contributed by atoms with Crippen LogP contribution in [0.15, 0.2) is 86.6 Å². The molecule has 18 heteroatoms. The van der Waals surface area contributed by atoms with Gasteiger partial charge >= 0.3 is 0 Å². The van der Waals surface area contributed by atoms with Gasteiger partial charge in [0.15, 0.2) is 5.76 Å². The third-order valence-electron chi connectivity index (χ3n) is 10.4. The number of thiazole rings is 1. The Hall–Kier alpha value is -5.53. The second-order valence-electron chi connectivity index (χ2n) is 15.0. The highest BCUT2D eigenvalue weighted by Gasteiger charge is 2.43. The first-order valence-electron chi connectivity index (χ1n) is 20.0. The van der Waals surface area contributed by atoms with E-state index in [1.54, 1.807) is 29.5 Å². The predicted molar refractivity (Wildman–Crippen MR) is 229 cm³/mol. The van der Waals surface area contributed by atoms with Crippen molar-refractivity contribution in [1.82, 2.24) is 20.4 Å². The van der Waals surface area contributed by atoms with Crippen molar-refractivity contribution >= 4 is 52.0 Å². The summed E-state index contributed by atoms with van der Waals surface area (Å²) in [4.78, 5) is 47.0. The highest BCUT2D eigenvalue weighted by molar-refractivity contribution is 7.99. The van der Waals surface area contributed by atoms with Crippen molar-refractivity contribution in [2.45, 2.75) is 68.0 Å². The Kier molecular flexibility index (Phi) is 14.2. The number of aliphatic hydroxyl groups excluding tert-OH is 1. The van der Waals surface area contributed by atoms with Crippen molar-refractivity contribution in [1.29, 1.82) is 0 Å². The van der Waals surface area contributed by atoms with Gasteiger partial charge in [-0.05, 0) is 60.3 Å². The number of hydrogen-bond acceptors (Lipinski definition) is 15. The zero-order valence-corrected chi connectivity index (χ0v) is 35.8. The van der Waals surface area contributed by atoms with Crippen molar-refractivity contribution < 1.29 is 43.1 Å². The third kappa shape index (κ3) is 10.7. The molecule has 2 amide bonds. The fourth-order valence-electron chi connectivity index (χ4n) is 7.20. The Bertz CT molecular complexity index is 2320. The lowest BCUT2D eigenvalue weighted by molar-refractivity contribution is -0.385. The maximum atomic E-state index is 14.0. The number of carbonyl (C=O) groups is 2. The number of carbonyl (C=O) groups excluding carboxylic acids is 2. The molecule has 3 N–H and O–H groups in total. The molecule has 16 nitrogen and oxygen atoms in total. The number of β-amino-alcohol motifs (C(OH)–C–C–N with tert-alkyl or cyclic N) is 1. The van der Waals surface area contributed by atoms with E-state index < -0.39 is 23.0 Å². The number of nitro groups is 1. The zero-order valence-electron chi connectivity index (χ0n) is 34.2. The van der Waals surface area contributed by atoms with Crippen LogP contribution in [0.5, 0.6) is 11.6 Å². The predicted octanol–water partition coefficient (Wildman–Crippen LogP) is 7.29. The van der Waals surface area contributed by atoms with Crippen molar-refractivity contribution in [3.8, 4) is 22.1 Å². The molecule has 0 saturated carbocycles. The SMILES string of the molecule is Cc1ncsc1-c1ccc([C@H](C)NC(=O)[C@@H]2C[C@@H](O)CN2C(=O)[C@@H](c2cc(OCCOCCOCCOc3ccc4c(c3)Sc3cc([N+](=O)[O-])ccc3N4)no2)C(C)C)cc1. The lowest BCUT2D eigenvalue weighted by Crippen LogP contribution is -2.48. The van der Waals surface area contributed by atoms with E-state index in [-0.39, 0.29) is 61.5 Å². The number of anilines is 2. The number of likely N-dealkylation sites (tertiary alicyclic amines) is 1. The molecule has 0 unspecified atom stereocenters. The fourth-order valence-corrected chi connectivity index (χ4v) is 9.06. The number of nitrogens with zero attached hydrogens (tertiary/aromatic N) is 4. The number of amides is 2. The molecular weight excluding hydrogens is 825 g/mol. The summed E-state index contributed by atoms with van der Waals surface area (Å²) in [6, 6.07) is 18.8. The number of ether oxygens (including phenoxy) is 4. The molecule has 0 radical (unpaired) electrons. The number of aliphatic hydroxyl groups is 1. The first kappa shape index (κ1) is 43.6. The van der Waals surface area contributed by atoms with Crippen LogP contribution in [0.3, 0.4) is 0 Å². The molecule has 3 aromatic carbocycles. The van der Waals surface area contributed by atoms with E-state index in [1.807, 2.05) is 75.7 Å². The number of fused-ring (bicyclic) bond motifs is 2. The van der Waals surface area contributed by atoms with Gasteiger partial charge in [-0.2, -0.15) is 0 Å². The van der Waals surface area contributed by atoms with Crippen LogP contribution in [-0.4, -0.2) is 95.2 Å². The van der Waals surface area contributed by atoms with E-state index in [0.29, 0.717) is 37.9 Å². The van der Waals surface area contributed by atoms with E-state index in [1.165, 1.54) is 22.7 Å². The topological polar surface area (TPSA) is 201 Å². The summed E-state index contributed by atoms with van der Waals surface area (Å²) in [5, 5.41) is 32.1. The maximum Gasteiger partial charge on any atom is 0.270 e. The van der Waals surface area contributed by atoms with Crippen LogP contribution in [0.2, 0.25) is 0 Å². The van der Waals surface area contributed by atoms with Crippen LogP contribution in [-0.2, 0) is 19.1 Å². The Morgan fingerprint density at radius 2 is 1.66 bits per heavy atom. The van der Waals surface area contributed by atoms with Gasteiger partial charge in [0.25, 0.3) is 11.6 Å². The van der Waals surface area contributed by atoms with Gasteiger partial charge in [-0.25, -0.2) is 4.98 Å². The average molecular weight is 873 g/mol. The molecule has 5 aromatic rings. The Morgan fingerprint density at radius 1 is 0.967 bits per heavy atom. The van der Waals surface area contributed by atoms with Crippen LogP contribution in [0, 0.1) is 23.0 Å². The number of nitro benzene ring substituents is 1. The molecule has 4 atom stereocenters. The maximum absolute atomic E-state index is 14.0. The van der Waals surface area contributed by atoms with Gasteiger partial charge in [0, 0.05) is 41.0 Å². The summed E-state index contributed by atoms with van der Waals surface area (Å²) in [7, 11) is 0. The van der Waals surface area contributed by atoms with Crippen LogP contribution in [0.1, 0.15) is 56.2 Å². The standard InChI is InChI=1S/C43H48N6O10S2/c1-25(2)40(43(52)48-23-31(50)20-35(48)42(51)45-26(3)28-5-7-29(8-6-28)41-27(4)44-24-60-41)36-22-39(47-59-36)58-18-16-56-14-13-55-15-17-57-32-10-12-34-38(21-32)61-37-19-30(49(53)54)9-11-33(37)46-34/h5-12,19,21-22,24-26,31,35,40,46,50H,13-18,20,23H2,1-4H3,(H,45,51)/t26-,31+,35-,40+/m0/s1. The zero-order chi connectivity index (χ0) is 43.0. The van der Waals surface area contributed by atoms with Crippen LogP contribution in [0.25, 0.3) is 10.4 Å². The number of rotatable bonds is 19. The van der Waals surface area contributed by atoms with Crippen molar-refractivity contribution in [2.75, 3.05) is 51.5 Å². The van der Waals surface area contributed by atoms with E-state index in [9.17, 15) is 24.8 Å². The van der Waals surface area contributed by atoms with Gasteiger partial charge in [-0.15, -0.1) is 11.3 Å². The highest BCUT2D eigenvalue weighted by Crippen LogP contribution is 2.46. The molecule has 2 aliphatic rings. The van der Waals surface area contributed by atoms with Gasteiger partial charge in [-0.3, -0.25) is 19.7 Å². The van der Waals surface area contributed by atoms with Gasteiger partial charge in [0.05, 0.1) is 71.0 Å². The number of benzene rings is 3. The molecule has 0 aliphatic carbocycles. The Balaban J connectivity index is 0.810. The molecule has 2 aliphatic heterocycles. The van der Waals surface area contributed by atoms with Crippen LogP contribution in [0.4, 0.5) is 17.1 Å². The second kappa shape index (κ2) is 19.9. The Morgan fingerprint density at radius 3 is 2.34 bits per heavy atom. The number of non-ortho nitro benzene ring substituents is 1. The average Bonchev–Trinajstić information content (AvgIpc) is 4.00. The van der Waals surface area contributed by atoms with Crippen molar-refractivity contribution in [3.63, 3.8) is 0 Å². The summed E-state index contributed by atoms with van der Waals surface area (Å²) in [5.74, 6) is -0.463.